The van der Waals surface area contributed by atoms with E-state index in [1.165, 1.54) is 6.20 Å². The van der Waals surface area contributed by atoms with Crippen LogP contribution in [-0.4, -0.2) is 57.6 Å². The van der Waals surface area contributed by atoms with E-state index in [2.05, 4.69) is 4.98 Å². The van der Waals surface area contributed by atoms with Gasteiger partial charge in [0.1, 0.15) is 11.0 Å². The van der Waals surface area contributed by atoms with Crippen LogP contribution in [0.25, 0.3) is 33.5 Å². The monoisotopic (exact) mass is 478 g/mol. The smallest absolute Gasteiger partial charge is 0.203 e. The second-order valence-electron chi connectivity index (χ2n) is 7.35. The van der Waals surface area contributed by atoms with Crippen LogP contribution in [0.3, 0.4) is 0 Å². The maximum Gasteiger partial charge on any atom is 0.203 e. The number of nitrogens with zero attached hydrogens (tertiary/aromatic N) is 3. The first kappa shape index (κ1) is 23.7. The number of rotatable bonds is 8. The summed E-state index contributed by atoms with van der Waals surface area (Å²) in [6.45, 7) is 0. The molecule has 0 unspecified atom stereocenters. The predicted molar refractivity (Wildman–Crippen MR) is 132 cm³/mol. The van der Waals surface area contributed by atoms with Crippen LogP contribution in [0.15, 0.2) is 36.7 Å². The minimum absolute atomic E-state index is 0.403. The first-order chi connectivity index (χ1) is 17.0. The lowest BCUT2D eigenvalue weighted by molar-refractivity contribution is 0.324. The molecule has 0 saturated carbocycles. The Bertz CT molecular complexity index is 1340. The molecule has 2 aromatic heterocycles. The topological polar surface area (TPSA) is 120 Å². The minimum Gasteiger partial charge on any atom is -0.493 e. The van der Waals surface area contributed by atoms with Gasteiger partial charge in [0.15, 0.2) is 23.0 Å². The lowest BCUT2D eigenvalue weighted by Gasteiger charge is -2.17. The zero-order valence-corrected chi connectivity index (χ0v) is 20.3. The number of methoxy groups -OCH3 is 6. The molecule has 0 atom stereocenters. The molecule has 4 rings (SSSR count). The Morgan fingerprint density at radius 2 is 1.00 bits per heavy atom. The molecule has 4 aromatic rings. The van der Waals surface area contributed by atoms with Gasteiger partial charge in [-0.25, -0.2) is 9.97 Å². The largest absolute Gasteiger partial charge is 0.493 e. The maximum absolute atomic E-state index is 6.19. The number of anilines is 1. The van der Waals surface area contributed by atoms with Crippen LogP contribution in [-0.2, 0) is 0 Å². The van der Waals surface area contributed by atoms with Crippen molar-refractivity contribution in [1.82, 2.24) is 15.0 Å². The van der Waals surface area contributed by atoms with E-state index in [0.29, 0.717) is 73.7 Å². The van der Waals surface area contributed by atoms with E-state index in [4.69, 9.17) is 44.1 Å². The Kier molecular flexibility index (Phi) is 6.63. The van der Waals surface area contributed by atoms with Crippen molar-refractivity contribution in [3.8, 4) is 57.0 Å². The van der Waals surface area contributed by atoms with Crippen LogP contribution in [0.1, 0.15) is 0 Å². The van der Waals surface area contributed by atoms with Crippen molar-refractivity contribution in [2.75, 3.05) is 48.4 Å². The van der Waals surface area contributed by atoms with Crippen LogP contribution >= 0.6 is 0 Å². The highest BCUT2D eigenvalue weighted by Gasteiger charge is 2.22. The molecule has 0 radical (unpaired) electrons. The zero-order chi connectivity index (χ0) is 25.1. The highest BCUT2D eigenvalue weighted by atomic mass is 16.5. The van der Waals surface area contributed by atoms with E-state index in [1.807, 2.05) is 0 Å². The van der Waals surface area contributed by atoms with Crippen LogP contribution in [0.5, 0.6) is 34.5 Å². The Morgan fingerprint density at radius 1 is 0.571 bits per heavy atom. The molecule has 0 fully saturated rings. The van der Waals surface area contributed by atoms with Crippen molar-refractivity contribution in [1.29, 1.82) is 0 Å². The van der Waals surface area contributed by atoms with Gasteiger partial charge in [0.25, 0.3) is 0 Å². The summed E-state index contributed by atoms with van der Waals surface area (Å²) in [7, 11) is 9.31. The van der Waals surface area contributed by atoms with E-state index in [1.54, 1.807) is 73.1 Å². The average Bonchev–Trinajstić information content (AvgIpc) is 2.90. The van der Waals surface area contributed by atoms with Gasteiger partial charge in [0.05, 0.1) is 72.1 Å². The SMILES string of the molecule is COc1cc(-c2nc3cncc(N)c3nc2-c2cc(OC)c(OC)c(OC)c2)cc(OC)c1OC. The van der Waals surface area contributed by atoms with Crippen molar-refractivity contribution >= 4 is 16.7 Å². The average molecular weight is 479 g/mol. The van der Waals surface area contributed by atoms with Gasteiger partial charge >= 0.3 is 0 Å². The van der Waals surface area contributed by atoms with Gasteiger partial charge in [-0.05, 0) is 24.3 Å². The Hall–Kier alpha value is -4.47. The third-order valence-corrected chi connectivity index (χ3v) is 5.48. The van der Waals surface area contributed by atoms with Gasteiger partial charge in [-0.15, -0.1) is 0 Å². The Labute approximate surface area is 202 Å². The van der Waals surface area contributed by atoms with E-state index in [0.717, 1.165) is 0 Å². The molecule has 0 bridgehead atoms. The second-order valence-corrected chi connectivity index (χ2v) is 7.35. The summed E-state index contributed by atoms with van der Waals surface area (Å²) < 4.78 is 33.2. The molecule has 35 heavy (non-hydrogen) atoms. The molecule has 2 heterocycles. The number of hydrogen-bond acceptors (Lipinski definition) is 10. The molecule has 2 N–H and O–H groups in total. The normalized spacial score (nSPS) is 10.7. The Morgan fingerprint density at radius 3 is 1.40 bits per heavy atom. The summed E-state index contributed by atoms with van der Waals surface area (Å²) in [4.78, 5) is 13.9. The van der Waals surface area contributed by atoms with Gasteiger partial charge in [-0.2, -0.15) is 0 Å². The molecule has 10 nitrogen and oxygen atoms in total. The fraction of sp³-hybridized carbons (Fsp3) is 0.240. The summed E-state index contributed by atoms with van der Waals surface area (Å²) in [6.07, 6.45) is 3.15. The van der Waals surface area contributed by atoms with Crippen LogP contribution < -0.4 is 34.2 Å². The second kappa shape index (κ2) is 9.80. The number of fused-ring (bicyclic) bond motifs is 1. The molecular weight excluding hydrogens is 452 g/mol. The molecule has 0 aliphatic heterocycles. The van der Waals surface area contributed by atoms with Gasteiger partial charge in [0, 0.05) is 11.1 Å². The number of benzene rings is 2. The van der Waals surface area contributed by atoms with Gasteiger partial charge in [-0.1, -0.05) is 0 Å². The Balaban J connectivity index is 2.09. The number of pyridine rings is 1. The van der Waals surface area contributed by atoms with E-state index < -0.39 is 0 Å². The zero-order valence-electron chi connectivity index (χ0n) is 20.3. The highest BCUT2D eigenvalue weighted by Crippen LogP contribution is 2.45. The molecule has 0 amide bonds. The summed E-state index contributed by atoms with van der Waals surface area (Å²) >= 11 is 0. The molecule has 0 saturated heterocycles. The number of ether oxygens (including phenoxy) is 6. The maximum atomic E-state index is 6.19. The van der Waals surface area contributed by atoms with Crippen LogP contribution in [0.4, 0.5) is 5.69 Å². The van der Waals surface area contributed by atoms with Gasteiger partial charge < -0.3 is 34.2 Å². The van der Waals surface area contributed by atoms with Crippen molar-refractivity contribution in [2.24, 2.45) is 0 Å². The highest BCUT2D eigenvalue weighted by molar-refractivity contribution is 5.92. The van der Waals surface area contributed by atoms with E-state index in [-0.39, 0.29) is 0 Å². The molecule has 2 aromatic carbocycles. The van der Waals surface area contributed by atoms with Gasteiger partial charge in [-0.3, -0.25) is 4.98 Å². The van der Waals surface area contributed by atoms with Crippen molar-refractivity contribution in [3.05, 3.63) is 36.7 Å². The molecule has 10 heteroatoms. The number of aromatic nitrogens is 3. The lowest BCUT2D eigenvalue weighted by atomic mass is 10.0. The lowest BCUT2D eigenvalue weighted by Crippen LogP contribution is -2.02. The number of hydrogen-bond donors (Lipinski definition) is 1. The quantitative estimate of drug-likeness (QED) is 0.398. The third-order valence-electron chi connectivity index (χ3n) is 5.48. The fourth-order valence-electron chi connectivity index (χ4n) is 3.84. The third kappa shape index (κ3) is 4.14. The number of nitrogen functional groups attached to an aromatic ring is 1. The summed E-state index contributed by atoms with van der Waals surface area (Å²) in [5.74, 6) is 2.83. The molecular formula is C25H26N4O6. The van der Waals surface area contributed by atoms with E-state index >= 15 is 0 Å². The summed E-state index contributed by atoms with van der Waals surface area (Å²) in [5, 5.41) is 0. The van der Waals surface area contributed by atoms with Gasteiger partial charge in [0.2, 0.25) is 11.5 Å². The minimum atomic E-state index is 0.403. The molecule has 0 spiro atoms. The first-order valence-corrected chi connectivity index (χ1v) is 10.5. The van der Waals surface area contributed by atoms with Crippen molar-refractivity contribution in [2.45, 2.75) is 0 Å². The fourth-order valence-corrected chi connectivity index (χ4v) is 3.84. The molecule has 0 aliphatic rings. The van der Waals surface area contributed by atoms with Crippen LogP contribution in [0, 0.1) is 0 Å². The van der Waals surface area contributed by atoms with Crippen molar-refractivity contribution < 1.29 is 28.4 Å². The number of nitrogens with two attached hydrogens (primary N) is 1. The van der Waals surface area contributed by atoms with E-state index in [9.17, 15) is 0 Å². The predicted octanol–water partition coefficient (Wildman–Crippen LogP) is 3.99. The summed E-state index contributed by atoms with van der Waals surface area (Å²) in [5.41, 5.74) is 10.1. The first-order valence-electron chi connectivity index (χ1n) is 10.5. The van der Waals surface area contributed by atoms with Crippen molar-refractivity contribution in [3.63, 3.8) is 0 Å². The molecule has 182 valence electrons. The molecule has 0 aliphatic carbocycles. The van der Waals surface area contributed by atoms with Crippen LogP contribution in [0.2, 0.25) is 0 Å². The summed E-state index contributed by atoms with van der Waals surface area (Å²) in [6, 6.07) is 7.21. The standard InChI is InChI=1S/C25H26N4O6/c1-30-17-7-13(8-18(31-2)24(17)34-5)21-22(29-23-15(26)11-27-12-16(23)28-21)14-9-19(32-3)25(35-6)20(10-14)33-4/h7-12H,26H2,1-6H3.